The molecule has 1 N–H and O–H groups in total. The van der Waals surface area contributed by atoms with Gasteiger partial charge in [-0.2, -0.15) is 0 Å². The van der Waals surface area contributed by atoms with Crippen LogP contribution < -0.4 is 0 Å². The van der Waals surface area contributed by atoms with Gasteiger partial charge in [-0.05, 0) is 53.0 Å². The first-order valence-corrected chi connectivity index (χ1v) is 7.00. The molecule has 1 aromatic heterocycles. The van der Waals surface area contributed by atoms with Crippen LogP contribution in [0.5, 0.6) is 0 Å². The minimum atomic E-state index is 0.660. The van der Waals surface area contributed by atoms with Crippen LogP contribution >= 0.6 is 44.1 Å². The molecule has 1 aromatic carbocycles. The van der Waals surface area contributed by atoms with Crippen molar-refractivity contribution in [2.75, 3.05) is 0 Å². The highest BCUT2D eigenvalue weighted by Gasteiger charge is 2.06. The number of aryl methyl sites for hydroxylation is 2. The summed E-state index contributed by atoms with van der Waals surface area (Å²) in [5.74, 6) is 0.789. The lowest BCUT2D eigenvalue weighted by molar-refractivity contribution is 1.14. The molecule has 88 valence electrons. The van der Waals surface area contributed by atoms with E-state index >= 15 is 0 Å². The van der Waals surface area contributed by atoms with E-state index < -0.39 is 0 Å². The lowest BCUT2D eigenvalue weighted by atomic mass is 10.1. The number of hydrogen-bond acceptors (Lipinski definition) is 2. The summed E-state index contributed by atoms with van der Waals surface area (Å²) < 4.78 is 2.60. The first-order valence-electron chi connectivity index (χ1n) is 5.01. The Hall–Kier alpha value is -0.520. The molecule has 0 saturated carbocycles. The largest absolute Gasteiger partial charge is 0.330 e. The molecule has 0 aliphatic heterocycles. The number of H-pyrrole nitrogens is 1. The third-order valence-electron chi connectivity index (χ3n) is 2.47. The predicted molar refractivity (Wildman–Crippen MR) is 79.7 cm³/mol. The first-order chi connectivity index (χ1) is 7.99. The average Bonchev–Trinajstić information content (AvgIpc) is 2.29. The van der Waals surface area contributed by atoms with E-state index in [0.717, 1.165) is 20.3 Å². The molecule has 0 aliphatic rings. The van der Waals surface area contributed by atoms with Gasteiger partial charge in [0.1, 0.15) is 10.5 Å². The van der Waals surface area contributed by atoms with Crippen LogP contribution in [0.15, 0.2) is 27.3 Å². The summed E-state index contributed by atoms with van der Waals surface area (Å²) in [7, 11) is 0. The van der Waals surface area contributed by atoms with E-state index in [0.29, 0.717) is 4.64 Å². The van der Waals surface area contributed by atoms with Gasteiger partial charge in [0.2, 0.25) is 0 Å². The van der Waals surface area contributed by atoms with E-state index in [2.05, 4.69) is 67.8 Å². The molecule has 0 saturated heterocycles. The second-order valence-corrected chi connectivity index (χ2v) is 5.89. The summed E-state index contributed by atoms with van der Waals surface area (Å²) in [6, 6.07) is 4.16. The molecule has 0 fully saturated rings. The molecule has 17 heavy (non-hydrogen) atoms. The van der Waals surface area contributed by atoms with Gasteiger partial charge in [0.05, 0.1) is 4.47 Å². The Labute approximate surface area is 122 Å². The summed E-state index contributed by atoms with van der Waals surface area (Å²) in [4.78, 5) is 7.44. The molecule has 2 aromatic rings. The van der Waals surface area contributed by atoms with Gasteiger partial charge in [-0.15, -0.1) is 0 Å². The third-order valence-corrected chi connectivity index (χ3v) is 4.90. The van der Waals surface area contributed by atoms with Crippen molar-refractivity contribution < 1.29 is 0 Å². The van der Waals surface area contributed by atoms with E-state index in [4.69, 9.17) is 12.2 Å². The third kappa shape index (κ3) is 2.67. The minimum Gasteiger partial charge on any atom is -0.330 e. The van der Waals surface area contributed by atoms with Crippen LogP contribution in [0.3, 0.4) is 0 Å². The Bertz CT molecular complexity index is 612. The zero-order valence-corrected chi connectivity index (χ0v) is 13.3. The van der Waals surface area contributed by atoms with Crippen molar-refractivity contribution in [2.24, 2.45) is 0 Å². The second kappa shape index (κ2) is 5.00. The molecule has 2 rings (SSSR count). The fourth-order valence-electron chi connectivity index (χ4n) is 1.61. The Balaban J connectivity index is 2.61. The molecule has 0 aliphatic carbocycles. The van der Waals surface area contributed by atoms with Crippen LogP contribution in [-0.4, -0.2) is 9.97 Å². The monoisotopic (exact) mass is 372 g/mol. The highest BCUT2D eigenvalue weighted by atomic mass is 79.9. The second-order valence-electron chi connectivity index (χ2n) is 3.83. The number of rotatable bonds is 1. The summed E-state index contributed by atoms with van der Waals surface area (Å²) in [6.45, 7) is 4.13. The maximum atomic E-state index is 5.18. The van der Waals surface area contributed by atoms with Crippen molar-refractivity contribution in [3.8, 4) is 11.4 Å². The van der Waals surface area contributed by atoms with Gasteiger partial charge in [0.25, 0.3) is 0 Å². The van der Waals surface area contributed by atoms with Gasteiger partial charge in [-0.3, -0.25) is 0 Å². The minimum absolute atomic E-state index is 0.660. The predicted octanol–water partition coefficient (Wildman–Crippen LogP) is 4.95. The van der Waals surface area contributed by atoms with Crippen LogP contribution in [0.1, 0.15) is 11.1 Å². The lowest BCUT2D eigenvalue weighted by Gasteiger charge is -2.07. The fraction of sp³-hybridized carbons (Fsp3) is 0.167. The van der Waals surface area contributed by atoms with Crippen molar-refractivity contribution in [3.63, 3.8) is 0 Å². The van der Waals surface area contributed by atoms with E-state index in [1.54, 1.807) is 6.20 Å². The molecule has 0 unspecified atom stereocenters. The smallest absolute Gasteiger partial charge is 0.138 e. The maximum Gasteiger partial charge on any atom is 0.138 e. The Morgan fingerprint density at radius 1 is 1.18 bits per heavy atom. The standard InChI is InChI=1S/C12H10Br2N2S/c1-6-3-8(4-7(2)10(6)14)11-15-5-9(13)12(17)16-11/h3-5H,1-2H3,(H,15,16,17). The van der Waals surface area contributed by atoms with E-state index in [-0.39, 0.29) is 0 Å². The molecule has 0 amide bonds. The van der Waals surface area contributed by atoms with E-state index in [1.165, 1.54) is 11.1 Å². The molecule has 0 spiro atoms. The van der Waals surface area contributed by atoms with Crippen LogP contribution in [0.2, 0.25) is 0 Å². The molecule has 0 atom stereocenters. The SMILES string of the molecule is Cc1cc(-c2ncc(Br)c(=S)[nH]2)cc(C)c1Br. The highest BCUT2D eigenvalue weighted by molar-refractivity contribution is 9.10. The van der Waals surface area contributed by atoms with Gasteiger partial charge in [-0.1, -0.05) is 28.1 Å². The number of halogens is 2. The number of nitrogens with zero attached hydrogens (tertiary/aromatic N) is 1. The topological polar surface area (TPSA) is 28.7 Å². The number of aromatic nitrogens is 2. The Morgan fingerprint density at radius 3 is 2.29 bits per heavy atom. The molecule has 5 heteroatoms. The molecule has 0 radical (unpaired) electrons. The number of aromatic amines is 1. The quantitative estimate of drug-likeness (QED) is 0.716. The molecule has 2 nitrogen and oxygen atoms in total. The molecular weight excluding hydrogens is 364 g/mol. The first kappa shape index (κ1) is 12.9. The van der Waals surface area contributed by atoms with Crippen molar-refractivity contribution in [2.45, 2.75) is 13.8 Å². The summed E-state index contributed by atoms with van der Waals surface area (Å²) in [5, 5.41) is 0. The highest BCUT2D eigenvalue weighted by Crippen LogP contribution is 2.27. The molecule has 1 heterocycles. The lowest BCUT2D eigenvalue weighted by Crippen LogP contribution is -1.92. The zero-order chi connectivity index (χ0) is 12.6. The van der Waals surface area contributed by atoms with Crippen molar-refractivity contribution >= 4 is 44.1 Å². The van der Waals surface area contributed by atoms with Gasteiger partial charge in [0, 0.05) is 16.2 Å². The van der Waals surface area contributed by atoms with Crippen molar-refractivity contribution in [1.29, 1.82) is 0 Å². The van der Waals surface area contributed by atoms with E-state index in [9.17, 15) is 0 Å². The van der Waals surface area contributed by atoms with Crippen LogP contribution in [-0.2, 0) is 0 Å². The zero-order valence-electron chi connectivity index (χ0n) is 9.34. The van der Waals surface area contributed by atoms with Gasteiger partial charge in [-0.25, -0.2) is 4.98 Å². The van der Waals surface area contributed by atoms with E-state index in [1.807, 2.05) is 0 Å². The molecule has 0 bridgehead atoms. The van der Waals surface area contributed by atoms with Gasteiger partial charge < -0.3 is 4.98 Å². The number of benzene rings is 1. The van der Waals surface area contributed by atoms with Crippen molar-refractivity contribution in [1.82, 2.24) is 9.97 Å². The molecular formula is C12H10Br2N2S. The summed E-state index contributed by atoms with van der Waals surface area (Å²) in [5.41, 5.74) is 3.41. The number of nitrogens with one attached hydrogen (secondary N) is 1. The van der Waals surface area contributed by atoms with Crippen LogP contribution in [0.4, 0.5) is 0 Å². The number of hydrogen-bond donors (Lipinski definition) is 1. The van der Waals surface area contributed by atoms with Crippen molar-refractivity contribution in [3.05, 3.63) is 43.0 Å². The van der Waals surface area contributed by atoms with Crippen LogP contribution in [0.25, 0.3) is 11.4 Å². The summed E-state index contributed by atoms with van der Waals surface area (Å²) >= 11 is 12.1. The maximum absolute atomic E-state index is 5.18. The van der Waals surface area contributed by atoms with Crippen LogP contribution in [0, 0.1) is 18.5 Å². The van der Waals surface area contributed by atoms with Gasteiger partial charge >= 0.3 is 0 Å². The average molecular weight is 374 g/mol. The summed E-state index contributed by atoms with van der Waals surface area (Å²) in [6.07, 6.45) is 1.72. The van der Waals surface area contributed by atoms with Gasteiger partial charge in [0.15, 0.2) is 0 Å². The Kier molecular flexibility index (Phi) is 3.80. The normalized spacial score (nSPS) is 10.6. The fourth-order valence-corrected chi connectivity index (χ4v) is 2.19. The Morgan fingerprint density at radius 2 is 1.76 bits per heavy atom.